The molecule has 0 aliphatic carbocycles. The zero-order valence-electron chi connectivity index (χ0n) is 9.19. The van der Waals surface area contributed by atoms with E-state index in [4.69, 9.17) is 4.74 Å². The molecular formula is C9H16N4O2. The summed E-state index contributed by atoms with van der Waals surface area (Å²) in [6, 6.07) is 0. The molecule has 0 saturated carbocycles. The van der Waals surface area contributed by atoms with E-state index in [1.54, 1.807) is 19.1 Å². The van der Waals surface area contributed by atoms with Gasteiger partial charge >= 0.3 is 0 Å². The van der Waals surface area contributed by atoms with Crippen molar-refractivity contribution < 1.29 is 9.84 Å². The summed E-state index contributed by atoms with van der Waals surface area (Å²) in [4.78, 5) is 9.71. The first-order chi connectivity index (χ1) is 7.20. The fourth-order valence-corrected chi connectivity index (χ4v) is 1.17. The van der Waals surface area contributed by atoms with Crippen molar-refractivity contribution in [3.05, 3.63) is 6.33 Å². The summed E-state index contributed by atoms with van der Waals surface area (Å²) < 4.78 is 4.95. The van der Waals surface area contributed by atoms with Crippen LogP contribution in [0.15, 0.2) is 6.33 Å². The van der Waals surface area contributed by atoms with Crippen LogP contribution in [0.25, 0.3) is 0 Å². The monoisotopic (exact) mass is 212 g/mol. The second-order valence-electron chi connectivity index (χ2n) is 3.06. The van der Waals surface area contributed by atoms with E-state index in [1.807, 2.05) is 7.05 Å². The molecule has 0 atom stereocenters. The minimum atomic E-state index is 0.0543. The Labute approximate surface area is 88.9 Å². The fraction of sp³-hybridized carbons (Fsp3) is 0.556. The average Bonchev–Trinajstić information content (AvgIpc) is 2.26. The number of rotatable bonds is 5. The molecule has 0 radical (unpaired) electrons. The van der Waals surface area contributed by atoms with Crippen molar-refractivity contribution in [1.82, 2.24) is 9.97 Å². The molecule has 15 heavy (non-hydrogen) atoms. The van der Waals surface area contributed by atoms with Gasteiger partial charge in [-0.25, -0.2) is 9.97 Å². The number of nitrogens with zero attached hydrogens (tertiary/aromatic N) is 3. The van der Waals surface area contributed by atoms with E-state index in [1.165, 1.54) is 6.33 Å². The lowest BCUT2D eigenvalue weighted by atomic mass is 10.4. The van der Waals surface area contributed by atoms with E-state index in [9.17, 15) is 5.11 Å². The number of nitrogens with one attached hydrogen (secondary N) is 1. The Hall–Kier alpha value is -1.56. The molecule has 0 fully saturated rings. The largest absolute Gasteiger partial charge is 0.502 e. The number of hydrogen-bond donors (Lipinski definition) is 2. The molecule has 0 aliphatic heterocycles. The van der Waals surface area contributed by atoms with Crippen LogP contribution >= 0.6 is 0 Å². The second kappa shape index (κ2) is 5.35. The highest BCUT2D eigenvalue weighted by atomic mass is 16.5. The molecule has 1 aromatic heterocycles. The zero-order valence-corrected chi connectivity index (χ0v) is 9.19. The molecule has 6 heteroatoms. The van der Waals surface area contributed by atoms with Gasteiger partial charge in [0.2, 0.25) is 5.75 Å². The van der Waals surface area contributed by atoms with Crippen LogP contribution in [0, 0.1) is 0 Å². The van der Waals surface area contributed by atoms with Crippen molar-refractivity contribution >= 4 is 11.6 Å². The van der Waals surface area contributed by atoms with Gasteiger partial charge in [-0.05, 0) is 0 Å². The van der Waals surface area contributed by atoms with Crippen LogP contribution in [-0.2, 0) is 4.74 Å². The minimum Gasteiger partial charge on any atom is -0.502 e. The summed E-state index contributed by atoms with van der Waals surface area (Å²) in [6.07, 6.45) is 1.41. The lowest BCUT2D eigenvalue weighted by Gasteiger charge is -2.19. The first-order valence-electron chi connectivity index (χ1n) is 4.62. The summed E-state index contributed by atoms with van der Waals surface area (Å²) in [5.74, 6) is 0.967. The molecule has 0 unspecified atom stereocenters. The molecule has 1 aromatic rings. The number of likely N-dealkylation sites (N-methyl/N-ethyl adjacent to an activating group) is 1. The normalized spacial score (nSPS) is 10.1. The van der Waals surface area contributed by atoms with Crippen LogP contribution in [0.1, 0.15) is 0 Å². The number of ether oxygens (including phenoxy) is 1. The summed E-state index contributed by atoms with van der Waals surface area (Å²) in [5.41, 5.74) is 0. The third-order valence-corrected chi connectivity index (χ3v) is 2.03. The Morgan fingerprint density at radius 2 is 2.27 bits per heavy atom. The van der Waals surface area contributed by atoms with Gasteiger partial charge in [0, 0.05) is 27.7 Å². The predicted molar refractivity (Wildman–Crippen MR) is 58.4 cm³/mol. The van der Waals surface area contributed by atoms with Gasteiger partial charge in [0.1, 0.15) is 6.33 Å². The van der Waals surface area contributed by atoms with Gasteiger partial charge in [0.05, 0.1) is 6.61 Å². The van der Waals surface area contributed by atoms with Gasteiger partial charge in [-0.3, -0.25) is 0 Å². The summed E-state index contributed by atoms with van der Waals surface area (Å²) in [7, 11) is 5.16. The average molecular weight is 212 g/mol. The standard InChI is InChI=1S/C9H16N4O2/c1-10-8-7(14)9(12-6-11-8)13(2)4-5-15-3/h6,14H,4-5H2,1-3H3,(H,10,11,12). The van der Waals surface area contributed by atoms with E-state index in [0.29, 0.717) is 24.8 Å². The van der Waals surface area contributed by atoms with Crippen LogP contribution in [-0.4, -0.2) is 49.4 Å². The summed E-state index contributed by atoms with van der Waals surface area (Å²) in [5, 5.41) is 12.6. The minimum absolute atomic E-state index is 0.0543. The Bertz CT molecular complexity index is 319. The second-order valence-corrected chi connectivity index (χ2v) is 3.06. The number of methoxy groups -OCH3 is 1. The number of hydrogen-bond acceptors (Lipinski definition) is 6. The highest BCUT2D eigenvalue weighted by Gasteiger charge is 2.12. The Kier molecular flexibility index (Phi) is 4.11. The topological polar surface area (TPSA) is 70.5 Å². The van der Waals surface area contributed by atoms with Gasteiger partial charge in [-0.15, -0.1) is 0 Å². The zero-order chi connectivity index (χ0) is 11.3. The maximum absolute atomic E-state index is 9.79. The van der Waals surface area contributed by atoms with Crippen LogP contribution < -0.4 is 10.2 Å². The molecule has 84 valence electrons. The molecule has 0 saturated heterocycles. The van der Waals surface area contributed by atoms with Crippen molar-refractivity contribution in [2.75, 3.05) is 44.6 Å². The molecule has 2 N–H and O–H groups in total. The molecule has 1 rings (SSSR count). The number of aromatic hydroxyl groups is 1. The summed E-state index contributed by atoms with van der Waals surface area (Å²) in [6.45, 7) is 1.24. The number of anilines is 2. The van der Waals surface area contributed by atoms with E-state index in [2.05, 4.69) is 15.3 Å². The molecule has 0 spiro atoms. The first kappa shape index (κ1) is 11.5. The van der Waals surface area contributed by atoms with Gasteiger partial charge in [0.25, 0.3) is 0 Å². The van der Waals surface area contributed by atoms with Crippen LogP contribution in [0.5, 0.6) is 5.75 Å². The van der Waals surface area contributed by atoms with Gasteiger partial charge < -0.3 is 20.1 Å². The molecule has 0 aromatic carbocycles. The van der Waals surface area contributed by atoms with Crippen molar-refractivity contribution in [1.29, 1.82) is 0 Å². The van der Waals surface area contributed by atoms with E-state index >= 15 is 0 Å². The Balaban J connectivity index is 2.83. The van der Waals surface area contributed by atoms with Crippen molar-refractivity contribution in [3.63, 3.8) is 0 Å². The van der Waals surface area contributed by atoms with E-state index < -0.39 is 0 Å². The third-order valence-electron chi connectivity index (χ3n) is 2.03. The highest BCUT2D eigenvalue weighted by Crippen LogP contribution is 2.29. The van der Waals surface area contributed by atoms with Crippen LogP contribution in [0.4, 0.5) is 11.6 Å². The molecule has 0 amide bonds. The SMILES string of the molecule is CNc1ncnc(N(C)CCOC)c1O. The predicted octanol–water partition coefficient (Wildman–Crippen LogP) is 0.306. The Morgan fingerprint density at radius 3 is 2.87 bits per heavy atom. The fourth-order valence-electron chi connectivity index (χ4n) is 1.17. The first-order valence-corrected chi connectivity index (χ1v) is 4.62. The van der Waals surface area contributed by atoms with Crippen molar-refractivity contribution in [2.45, 2.75) is 0 Å². The lowest BCUT2D eigenvalue weighted by Crippen LogP contribution is -2.23. The van der Waals surface area contributed by atoms with Crippen molar-refractivity contribution in [3.8, 4) is 5.75 Å². The molecule has 6 nitrogen and oxygen atoms in total. The highest BCUT2D eigenvalue weighted by molar-refractivity contribution is 5.63. The summed E-state index contributed by atoms with van der Waals surface area (Å²) >= 11 is 0. The maximum Gasteiger partial charge on any atom is 0.201 e. The van der Waals surface area contributed by atoms with E-state index in [0.717, 1.165) is 0 Å². The third kappa shape index (κ3) is 2.69. The molecule has 0 aliphatic rings. The number of aromatic nitrogens is 2. The van der Waals surface area contributed by atoms with Crippen LogP contribution in [0.2, 0.25) is 0 Å². The van der Waals surface area contributed by atoms with Gasteiger partial charge in [-0.2, -0.15) is 0 Å². The van der Waals surface area contributed by atoms with Crippen molar-refractivity contribution in [2.24, 2.45) is 0 Å². The molecule has 0 bridgehead atoms. The quantitative estimate of drug-likeness (QED) is 0.732. The van der Waals surface area contributed by atoms with E-state index in [-0.39, 0.29) is 5.75 Å². The Morgan fingerprint density at radius 1 is 1.53 bits per heavy atom. The lowest BCUT2D eigenvalue weighted by molar-refractivity contribution is 0.206. The molecule has 1 heterocycles. The maximum atomic E-state index is 9.79. The van der Waals surface area contributed by atoms with Crippen LogP contribution in [0.3, 0.4) is 0 Å². The van der Waals surface area contributed by atoms with Gasteiger partial charge in [0.15, 0.2) is 11.6 Å². The van der Waals surface area contributed by atoms with Gasteiger partial charge in [-0.1, -0.05) is 0 Å². The smallest absolute Gasteiger partial charge is 0.201 e. The molecular weight excluding hydrogens is 196 g/mol.